The molecule has 0 aromatic carbocycles. The molecule has 0 aromatic heterocycles. The van der Waals surface area contributed by atoms with Gasteiger partial charge in [0, 0.05) is 11.8 Å². The molecule has 4 aliphatic rings. The Morgan fingerprint density at radius 3 is 2.43 bits per heavy atom. The second-order valence-electron chi connectivity index (χ2n) is 15.8. The van der Waals surface area contributed by atoms with Gasteiger partial charge in [0.15, 0.2) is 6.10 Å². The molecule has 0 aromatic rings. The second kappa shape index (κ2) is 11.7. The van der Waals surface area contributed by atoms with Gasteiger partial charge in [0.05, 0.1) is 18.3 Å². The zero-order chi connectivity index (χ0) is 31.4. The van der Waals surface area contributed by atoms with Crippen LogP contribution in [0.5, 0.6) is 0 Å². The van der Waals surface area contributed by atoms with Crippen molar-refractivity contribution < 1.29 is 34.4 Å². The van der Waals surface area contributed by atoms with Gasteiger partial charge in [-0.2, -0.15) is 0 Å². The molecule has 3 aliphatic carbocycles. The Labute approximate surface area is 253 Å². The van der Waals surface area contributed by atoms with Crippen LogP contribution in [0.4, 0.5) is 0 Å². The summed E-state index contributed by atoms with van der Waals surface area (Å²) >= 11 is 0. The highest BCUT2D eigenvalue weighted by Gasteiger charge is 2.68. The van der Waals surface area contributed by atoms with E-state index in [0.717, 1.165) is 32.3 Å². The number of fused-ring (bicyclic) bond motifs is 3. The number of hydrogen-bond donors (Lipinski definition) is 3. The Kier molecular flexibility index (Phi) is 9.22. The molecule has 0 bridgehead atoms. The Hall–Kier alpha value is -1.70. The first-order valence-electron chi connectivity index (χ1n) is 16.2. The molecular weight excluding hydrogens is 532 g/mol. The molecule has 0 unspecified atom stereocenters. The number of esters is 1. The first-order valence-corrected chi connectivity index (χ1v) is 16.2. The van der Waals surface area contributed by atoms with E-state index in [9.17, 15) is 24.9 Å². The molecule has 3 fully saturated rings. The van der Waals surface area contributed by atoms with Crippen LogP contribution in [-0.2, 0) is 19.1 Å². The van der Waals surface area contributed by atoms with E-state index in [0.29, 0.717) is 24.7 Å². The number of hydrogen-bond acceptors (Lipinski definition) is 6. The molecule has 42 heavy (non-hydrogen) atoms. The number of carboxylic acids is 1. The number of aliphatic hydroxyl groups is 2. The zero-order valence-electron chi connectivity index (χ0n) is 27.4. The molecule has 7 nitrogen and oxygen atoms in total. The molecule has 1 aliphatic heterocycles. The summed E-state index contributed by atoms with van der Waals surface area (Å²) in [4.78, 5) is 25.2. The SMILES string of the molecule is CC(C)=C[C@@H]1C[C@@H]([C@@H]2CC=C3[C@@]4(C)[C@H](CC[C@]32C)[C@@](C)(CCC(=O)O)[C@H](C(C)(C)O)C[C@H]4OC(=O)[C@H](O)C(C)C)CO1. The van der Waals surface area contributed by atoms with Gasteiger partial charge < -0.3 is 24.8 Å². The standard InChI is InChI=1S/C35H56O7/c1-20(2)16-23-17-22(19-41-23)24-10-11-25-33(24,7)14-12-26-34(8,15-13-29(36)37)27(32(5,6)40)18-28(35(25,26)9)42-31(39)30(38)21(3)4/h11,16,21-24,26-28,30,38,40H,10,12-15,17-19H2,1-9H3,(H,36,37)/t22-,23-,24+,26-,27+,28-,30-,33+,34-,35+/m1/s1. The first-order chi connectivity index (χ1) is 19.4. The minimum atomic E-state index is -1.23. The van der Waals surface area contributed by atoms with Crippen molar-refractivity contribution in [2.75, 3.05) is 6.61 Å². The van der Waals surface area contributed by atoms with Crippen LogP contribution in [0.3, 0.4) is 0 Å². The van der Waals surface area contributed by atoms with Crippen molar-refractivity contribution in [1.29, 1.82) is 0 Å². The predicted octanol–water partition coefficient (Wildman–Crippen LogP) is 6.32. The molecule has 4 rings (SSSR count). The number of allylic oxidation sites excluding steroid dienone is 2. The van der Waals surface area contributed by atoms with E-state index in [1.165, 1.54) is 11.1 Å². The van der Waals surface area contributed by atoms with Crippen molar-refractivity contribution in [2.45, 2.75) is 131 Å². The summed E-state index contributed by atoms with van der Waals surface area (Å²) in [7, 11) is 0. The van der Waals surface area contributed by atoms with Crippen LogP contribution in [0.15, 0.2) is 23.3 Å². The Balaban J connectivity index is 1.77. The lowest BCUT2D eigenvalue weighted by Crippen LogP contribution is -2.64. The summed E-state index contributed by atoms with van der Waals surface area (Å²) in [5, 5.41) is 31.9. The Bertz CT molecular complexity index is 1100. The van der Waals surface area contributed by atoms with Crippen molar-refractivity contribution in [2.24, 2.45) is 45.8 Å². The van der Waals surface area contributed by atoms with Crippen molar-refractivity contribution in [3.63, 3.8) is 0 Å². The summed E-state index contributed by atoms with van der Waals surface area (Å²) in [6.45, 7) is 18.9. The van der Waals surface area contributed by atoms with Crippen LogP contribution in [0.1, 0.15) is 107 Å². The van der Waals surface area contributed by atoms with Crippen LogP contribution in [0.25, 0.3) is 0 Å². The number of carboxylic acid groups (broad SMARTS) is 1. The van der Waals surface area contributed by atoms with Crippen LogP contribution in [0.2, 0.25) is 0 Å². The lowest BCUT2D eigenvalue weighted by atomic mass is 9.39. The highest BCUT2D eigenvalue weighted by atomic mass is 16.6. The average Bonchev–Trinajstić information content (AvgIpc) is 3.46. The lowest BCUT2D eigenvalue weighted by Gasteiger charge is -2.66. The van der Waals surface area contributed by atoms with Crippen LogP contribution in [-0.4, -0.2) is 57.8 Å². The van der Waals surface area contributed by atoms with E-state index < -0.39 is 40.6 Å². The van der Waals surface area contributed by atoms with Gasteiger partial charge in [-0.05, 0) is 107 Å². The molecule has 2 saturated carbocycles. The Morgan fingerprint density at radius 1 is 1.19 bits per heavy atom. The molecule has 10 atom stereocenters. The zero-order valence-corrected chi connectivity index (χ0v) is 27.4. The quantitative estimate of drug-likeness (QED) is 0.213. The summed E-state index contributed by atoms with van der Waals surface area (Å²) in [6.07, 6.45) is 7.65. The average molecular weight is 589 g/mol. The summed E-state index contributed by atoms with van der Waals surface area (Å²) in [5.74, 6) is -1.18. The van der Waals surface area contributed by atoms with Crippen molar-refractivity contribution in [1.82, 2.24) is 0 Å². The third-order valence-corrected chi connectivity index (χ3v) is 12.0. The Morgan fingerprint density at radius 2 is 1.86 bits per heavy atom. The number of carbonyl (C=O) groups excluding carboxylic acids is 1. The van der Waals surface area contributed by atoms with E-state index >= 15 is 0 Å². The summed E-state index contributed by atoms with van der Waals surface area (Å²) < 4.78 is 12.5. The molecule has 238 valence electrons. The minimum Gasteiger partial charge on any atom is -0.481 e. The number of carbonyl (C=O) groups is 2. The van der Waals surface area contributed by atoms with E-state index in [4.69, 9.17) is 9.47 Å². The number of aliphatic carboxylic acids is 1. The fourth-order valence-electron chi connectivity index (χ4n) is 10.0. The third-order valence-electron chi connectivity index (χ3n) is 12.0. The van der Waals surface area contributed by atoms with E-state index in [-0.39, 0.29) is 35.7 Å². The fraction of sp³-hybridized carbons (Fsp3) is 0.829. The third kappa shape index (κ3) is 5.75. The maximum Gasteiger partial charge on any atom is 0.335 e. The van der Waals surface area contributed by atoms with Gasteiger partial charge in [-0.15, -0.1) is 0 Å². The van der Waals surface area contributed by atoms with Gasteiger partial charge in [0.2, 0.25) is 0 Å². The highest BCUT2D eigenvalue weighted by molar-refractivity contribution is 5.75. The van der Waals surface area contributed by atoms with Crippen LogP contribution in [0, 0.1) is 45.8 Å². The largest absolute Gasteiger partial charge is 0.481 e. The van der Waals surface area contributed by atoms with Crippen LogP contribution < -0.4 is 0 Å². The normalized spacial score (nSPS) is 40.6. The fourth-order valence-corrected chi connectivity index (χ4v) is 10.0. The molecule has 7 heteroatoms. The first kappa shape index (κ1) is 33.2. The molecule has 1 saturated heterocycles. The minimum absolute atomic E-state index is 0.000145. The van der Waals surface area contributed by atoms with Gasteiger partial charge in [0.25, 0.3) is 0 Å². The molecule has 3 N–H and O–H groups in total. The van der Waals surface area contributed by atoms with Crippen LogP contribution >= 0.6 is 0 Å². The number of ether oxygens (including phenoxy) is 2. The van der Waals surface area contributed by atoms with Gasteiger partial charge in [-0.1, -0.05) is 57.9 Å². The van der Waals surface area contributed by atoms with Crippen molar-refractivity contribution in [3.8, 4) is 0 Å². The van der Waals surface area contributed by atoms with Gasteiger partial charge in [-0.3, -0.25) is 4.79 Å². The number of rotatable bonds is 9. The van der Waals surface area contributed by atoms with E-state index in [1.807, 2.05) is 0 Å². The highest BCUT2D eigenvalue weighted by Crippen LogP contribution is 2.72. The van der Waals surface area contributed by atoms with Gasteiger partial charge in [-0.25, -0.2) is 4.79 Å². The smallest absolute Gasteiger partial charge is 0.335 e. The van der Waals surface area contributed by atoms with Gasteiger partial charge >= 0.3 is 11.9 Å². The van der Waals surface area contributed by atoms with E-state index in [1.54, 1.807) is 27.7 Å². The second-order valence-corrected chi connectivity index (χ2v) is 15.8. The monoisotopic (exact) mass is 588 g/mol. The summed E-state index contributed by atoms with van der Waals surface area (Å²) in [5.41, 5.74) is 0.329. The van der Waals surface area contributed by atoms with Crippen molar-refractivity contribution in [3.05, 3.63) is 23.3 Å². The van der Waals surface area contributed by atoms with Gasteiger partial charge in [0.1, 0.15) is 6.10 Å². The maximum atomic E-state index is 13.3. The van der Waals surface area contributed by atoms with E-state index in [2.05, 4.69) is 46.8 Å². The number of aliphatic hydroxyl groups excluding tert-OH is 1. The maximum absolute atomic E-state index is 13.3. The molecular formula is C35H56O7. The molecule has 0 amide bonds. The predicted molar refractivity (Wildman–Crippen MR) is 163 cm³/mol. The lowest BCUT2D eigenvalue weighted by molar-refractivity contribution is -0.214. The topological polar surface area (TPSA) is 113 Å². The molecule has 0 radical (unpaired) electrons. The molecule has 1 heterocycles. The van der Waals surface area contributed by atoms with Crippen molar-refractivity contribution >= 4 is 11.9 Å². The summed E-state index contributed by atoms with van der Waals surface area (Å²) in [6, 6.07) is 0. The molecule has 0 spiro atoms.